The molecule has 1 aliphatic heterocycles. The van der Waals surface area contributed by atoms with Crippen LogP contribution in [0.2, 0.25) is 0 Å². The predicted molar refractivity (Wildman–Crippen MR) is 34.5 cm³/mol. The van der Waals surface area contributed by atoms with Crippen LogP contribution >= 0.6 is 0 Å². The van der Waals surface area contributed by atoms with Crippen LogP contribution in [0, 0.1) is 0 Å². The van der Waals surface area contributed by atoms with Gasteiger partial charge in [-0.15, -0.1) is 0 Å². The lowest BCUT2D eigenvalue weighted by Crippen LogP contribution is -2.57. The summed E-state index contributed by atoms with van der Waals surface area (Å²) < 4.78 is 4.92. The van der Waals surface area contributed by atoms with Crippen LogP contribution in [-0.2, 0) is 9.53 Å². The van der Waals surface area contributed by atoms with Crippen molar-refractivity contribution in [1.82, 2.24) is 5.32 Å². The number of morpholine rings is 1. The first-order valence-electron chi connectivity index (χ1n) is 3.16. The second-order valence-electron chi connectivity index (χ2n) is 2.76. The SMILES string of the molecule is CC1(CO)COCC(=O)N1. The average Bonchev–Trinajstić information content (AvgIpc) is 1.88. The Morgan fingerprint density at radius 1 is 1.90 bits per heavy atom. The number of hydrogen-bond donors (Lipinski definition) is 2. The molecule has 4 heteroatoms. The Balaban J connectivity index is 2.53. The van der Waals surface area contributed by atoms with E-state index < -0.39 is 5.54 Å². The molecular weight excluding hydrogens is 134 g/mol. The topological polar surface area (TPSA) is 58.6 Å². The summed E-state index contributed by atoms with van der Waals surface area (Å²) >= 11 is 0. The zero-order chi connectivity index (χ0) is 7.61. The number of nitrogens with one attached hydrogen (secondary N) is 1. The van der Waals surface area contributed by atoms with Crippen molar-refractivity contribution in [2.75, 3.05) is 19.8 Å². The van der Waals surface area contributed by atoms with Gasteiger partial charge >= 0.3 is 0 Å². The molecule has 1 saturated heterocycles. The summed E-state index contributed by atoms with van der Waals surface area (Å²) in [7, 11) is 0. The average molecular weight is 145 g/mol. The normalized spacial score (nSPS) is 33.6. The number of hydrogen-bond acceptors (Lipinski definition) is 3. The van der Waals surface area contributed by atoms with E-state index in [-0.39, 0.29) is 19.1 Å². The lowest BCUT2D eigenvalue weighted by atomic mass is 10.0. The van der Waals surface area contributed by atoms with Crippen LogP contribution in [0.5, 0.6) is 0 Å². The number of carbonyl (C=O) groups is 1. The Kier molecular flexibility index (Phi) is 1.92. The molecule has 2 N–H and O–H groups in total. The van der Waals surface area contributed by atoms with Crippen LogP contribution in [0.4, 0.5) is 0 Å². The second-order valence-corrected chi connectivity index (χ2v) is 2.76. The fourth-order valence-electron chi connectivity index (χ4n) is 0.863. The van der Waals surface area contributed by atoms with Crippen molar-refractivity contribution in [3.05, 3.63) is 0 Å². The molecule has 0 aromatic rings. The molecule has 0 aliphatic carbocycles. The highest BCUT2D eigenvalue weighted by Crippen LogP contribution is 2.06. The maximum Gasteiger partial charge on any atom is 0.246 e. The van der Waals surface area contributed by atoms with E-state index >= 15 is 0 Å². The summed E-state index contributed by atoms with van der Waals surface area (Å²) in [6.07, 6.45) is 0. The zero-order valence-electron chi connectivity index (χ0n) is 5.89. The van der Waals surface area contributed by atoms with Crippen LogP contribution in [-0.4, -0.2) is 36.4 Å². The number of amides is 1. The molecule has 0 aromatic carbocycles. The van der Waals surface area contributed by atoms with E-state index in [1.165, 1.54) is 0 Å². The largest absolute Gasteiger partial charge is 0.394 e. The molecule has 0 aromatic heterocycles. The van der Waals surface area contributed by atoms with Gasteiger partial charge in [-0.25, -0.2) is 0 Å². The molecule has 1 unspecified atom stereocenters. The number of carbonyl (C=O) groups excluding carboxylic acids is 1. The molecule has 4 nitrogen and oxygen atoms in total. The van der Waals surface area contributed by atoms with Crippen molar-refractivity contribution in [1.29, 1.82) is 0 Å². The number of aliphatic hydroxyl groups is 1. The van der Waals surface area contributed by atoms with E-state index in [1.807, 2.05) is 0 Å². The molecule has 1 atom stereocenters. The Morgan fingerprint density at radius 2 is 2.60 bits per heavy atom. The third-order valence-electron chi connectivity index (χ3n) is 1.44. The first-order valence-corrected chi connectivity index (χ1v) is 3.16. The number of rotatable bonds is 1. The smallest absolute Gasteiger partial charge is 0.246 e. The predicted octanol–water partition coefficient (Wildman–Crippen LogP) is -1.12. The van der Waals surface area contributed by atoms with E-state index in [0.29, 0.717) is 6.61 Å². The summed E-state index contributed by atoms with van der Waals surface area (Å²) in [5.74, 6) is -0.164. The minimum atomic E-state index is -0.574. The van der Waals surface area contributed by atoms with Gasteiger partial charge in [-0.2, -0.15) is 0 Å². The second kappa shape index (κ2) is 2.56. The van der Waals surface area contributed by atoms with Crippen molar-refractivity contribution >= 4 is 5.91 Å². The Morgan fingerprint density at radius 3 is 3.00 bits per heavy atom. The van der Waals surface area contributed by atoms with Gasteiger partial charge in [-0.05, 0) is 6.92 Å². The van der Waals surface area contributed by atoms with Gasteiger partial charge in [0, 0.05) is 0 Å². The highest BCUT2D eigenvalue weighted by atomic mass is 16.5. The molecule has 1 fully saturated rings. The zero-order valence-corrected chi connectivity index (χ0v) is 5.89. The van der Waals surface area contributed by atoms with Crippen molar-refractivity contribution in [3.8, 4) is 0 Å². The Bertz CT molecular complexity index is 148. The minimum absolute atomic E-state index is 0.0846. The highest BCUT2D eigenvalue weighted by Gasteiger charge is 2.29. The molecule has 0 bridgehead atoms. The summed E-state index contributed by atoms with van der Waals surface area (Å²) in [6, 6.07) is 0. The van der Waals surface area contributed by atoms with E-state index in [4.69, 9.17) is 9.84 Å². The standard InChI is InChI=1S/C6H11NO3/c1-6(3-8)4-10-2-5(9)7-6/h8H,2-4H2,1H3,(H,7,9). The first kappa shape index (κ1) is 7.50. The van der Waals surface area contributed by atoms with E-state index in [1.54, 1.807) is 6.92 Å². The fourth-order valence-corrected chi connectivity index (χ4v) is 0.863. The Labute approximate surface area is 59.2 Å². The molecular formula is C6H11NO3. The van der Waals surface area contributed by atoms with Gasteiger partial charge in [0.25, 0.3) is 0 Å². The maximum absolute atomic E-state index is 10.7. The molecule has 0 saturated carbocycles. The van der Waals surface area contributed by atoms with Crippen LogP contribution in [0.1, 0.15) is 6.92 Å². The molecule has 58 valence electrons. The van der Waals surface area contributed by atoms with Crippen molar-refractivity contribution in [2.24, 2.45) is 0 Å². The van der Waals surface area contributed by atoms with Crippen LogP contribution < -0.4 is 5.32 Å². The van der Waals surface area contributed by atoms with Gasteiger partial charge in [0.05, 0.1) is 18.8 Å². The third kappa shape index (κ3) is 1.46. The van der Waals surface area contributed by atoms with Gasteiger partial charge < -0.3 is 15.2 Å². The third-order valence-corrected chi connectivity index (χ3v) is 1.44. The quantitative estimate of drug-likeness (QED) is 0.491. The molecule has 1 aliphatic rings. The molecule has 0 radical (unpaired) electrons. The van der Waals surface area contributed by atoms with Gasteiger partial charge in [-0.3, -0.25) is 4.79 Å². The minimum Gasteiger partial charge on any atom is -0.394 e. The molecule has 0 spiro atoms. The lowest BCUT2D eigenvalue weighted by molar-refractivity contribution is -0.136. The highest BCUT2D eigenvalue weighted by molar-refractivity contribution is 5.78. The van der Waals surface area contributed by atoms with Crippen molar-refractivity contribution in [2.45, 2.75) is 12.5 Å². The van der Waals surface area contributed by atoms with Crippen molar-refractivity contribution < 1.29 is 14.6 Å². The van der Waals surface area contributed by atoms with Crippen molar-refractivity contribution in [3.63, 3.8) is 0 Å². The Hall–Kier alpha value is -0.610. The van der Waals surface area contributed by atoms with E-state index in [0.717, 1.165) is 0 Å². The summed E-state index contributed by atoms with van der Waals surface area (Å²) in [6.45, 7) is 2.15. The van der Waals surface area contributed by atoms with Gasteiger partial charge in [-0.1, -0.05) is 0 Å². The van der Waals surface area contributed by atoms with Crippen LogP contribution in [0.15, 0.2) is 0 Å². The van der Waals surface area contributed by atoms with Gasteiger partial charge in [0.15, 0.2) is 0 Å². The molecule has 1 rings (SSSR count). The number of aliphatic hydroxyl groups excluding tert-OH is 1. The number of ether oxygens (including phenoxy) is 1. The van der Waals surface area contributed by atoms with Gasteiger partial charge in [0.2, 0.25) is 5.91 Å². The van der Waals surface area contributed by atoms with E-state index in [2.05, 4.69) is 5.32 Å². The molecule has 1 amide bonds. The summed E-state index contributed by atoms with van der Waals surface area (Å²) in [4.78, 5) is 10.7. The molecule has 10 heavy (non-hydrogen) atoms. The summed E-state index contributed by atoms with van der Waals surface area (Å²) in [5, 5.41) is 11.4. The maximum atomic E-state index is 10.7. The van der Waals surface area contributed by atoms with Crippen LogP contribution in [0.3, 0.4) is 0 Å². The van der Waals surface area contributed by atoms with Gasteiger partial charge in [0.1, 0.15) is 6.61 Å². The van der Waals surface area contributed by atoms with Crippen LogP contribution in [0.25, 0.3) is 0 Å². The molecule has 1 heterocycles. The van der Waals surface area contributed by atoms with E-state index in [9.17, 15) is 4.79 Å². The monoisotopic (exact) mass is 145 g/mol. The first-order chi connectivity index (χ1) is 4.66. The summed E-state index contributed by atoms with van der Waals surface area (Å²) in [5.41, 5.74) is -0.574. The lowest BCUT2D eigenvalue weighted by Gasteiger charge is -2.32. The fraction of sp³-hybridized carbons (Fsp3) is 0.833.